The van der Waals surface area contributed by atoms with Crippen molar-refractivity contribution in [2.75, 3.05) is 0 Å². The smallest absolute Gasteiger partial charge is 0.134 e. The number of aromatic nitrogens is 1. The SMILES string of the molecule is Clc1cccc(-c2ccc(CNCc3ccccn3)o2)c1.[Cl-]. The maximum absolute atomic E-state index is 5.99. The first-order chi connectivity index (χ1) is 10.3. The van der Waals surface area contributed by atoms with E-state index >= 15 is 0 Å². The minimum Gasteiger partial charge on any atom is -1.00 e. The molecule has 3 nitrogen and oxygen atoms in total. The highest BCUT2D eigenvalue weighted by atomic mass is 35.5. The largest absolute Gasteiger partial charge is 1.00 e. The molecule has 1 N–H and O–H groups in total. The molecule has 0 unspecified atom stereocenters. The minimum atomic E-state index is 0. The average Bonchev–Trinajstić information content (AvgIpc) is 2.97. The van der Waals surface area contributed by atoms with Crippen molar-refractivity contribution in [1.29, 1.82) is 0 Å². The van der Waals surface area contributed by atoms with Gasteiger partial charge in [0.2, 0.25) is 0 Å². The molecule has 0 aliphatic carbocycles. The van der Waals surface area contributed by atoms with E-state index in [9.17, 15) is 0 Å². The van der Waals surface area contributed by atoms with E-state index < -0.39 is 0 Å². The molecule has 0 aliphatic rings. The highest BCUT2D eigenvalue weighted by molar-refractivity contribution is 6.30. The summed E-state index contributed by atoms with van der Waals surface area (Å²) in [5.74, 6) is 1.72. The second kappa shape index (κ2) is 7.99. The van der Waals surface area contributed by atoms with Crippen molar-refractivity contribution in [3.05, 3.63) is 77.3 Å². The minimum absolute atomic E-state index is 0. The van der Waals surface area contributed by atoms with E-state index in [1.165, 1.54) is 0 Å². The summed E-state index contributed by atoms with van der Waals surface area (Å²) < 4.78 is 5.82. The van der Waals surface area contributed by atoms with Gasteiger partial charge in [0.1, 0.15) is 11.5 Å². The molecule has 0 saturated carbocycles. The lowest BCUT2D eigenvalue weighted by molar-refractivity contribution is -0.00000478. The summed E-state index contributed by atoms with van der Waals surface area (Å²) in [6.45, 7) is 1.38. The summed E-state index contributed by atoms with van der Waals surface area (Å²) >= 11 is 5.99. The van der Waals surface area contributed by atoms with Gasteiger partial charge in [0, 0.05) is 23.3 Å². The fraction of sp³-hybridized carbons (Fsp3) is 0.118. The molecule has 114 valence electrons. The molecular weight excluding hydrogens is 319 g/mol. The lowest BCUT2D eigenvalue weighted by Crippen LogP contribution is -3.00. The van der Waals surface area contributed by atoms with Crippen LogP contribution in [0.1, 0.15) is 11.5 Å². The van der Waals surface area contributed by atoms with Crippen LogP contribution in [0, 0.1) is 0 Å². The first-order valence-electron chi connectivity index (χ1n) is 6.76. The summed E-state index contributed by atoms with van der Waals surface area (Å²) in [7, 11) is 0. The van der Waals surface area contributed by atoms with Crippen LogP contribution in [0.3, 0.4) is 0 Å². The second-order valence-electron chi connectivity index (χ2n) is 4.70. The number of nitrogens with zero attached hydrogens (tertiary/aromatic N) is 1. The molecule has 0 aliphatic heterocycles. The summed E-state index contributed by atoms with van der Waals surface area (Å²) in [5.41, 5.74) is 2.00. The molecule has 0 fully saturated rings. The van der Waals surface area contributed by atoms with Crippen LogP contribution in [-0.4, -0.2) is 4.98 Å². The Morgan fingerprint density at radius 3 is 2.68 bits per heavy atom. The third-order valence-electron chi connectivity index (χ3n) is 3.10. The van der Waals surface area contributed by atoms with E-state index in [0.717, 1.165) is 22.8 Å². The van der Waals surface area contributed by atoms with Crippen molar-refractivity contribution in [3.63, 3.8) is 0 Å². The summed E-state index contributed by atoms with van der Waals surface area (Å²) in [6, 6.07) is 17.5. The molecule has 0 atom stereocenters. The highest BCUT2D eigenvalue weighted by Gasteiger charge is 2.05. The maximum Gasteiger partial charge on any atom is 0.134 e. The molecule has 0 amide bonds. The van der Waals surface area contributed by atoms with Gasteiger partial charge in [-0.15, -0.1) is 0 Å². The number of rotatable bonds is 5. The molecule has 2 aromatic heterocycles. The van der Waals surface area contributed by atoms with Crippen LogP contribution < -0.4 is 17.7 Å². The maximum atomic E-state index is 5.99. The van der Waals surface area contributed by atoms with Gasteiger partial charge in [-0.05, 0) is 36.4 Å². The third-order valence-corrected chi connectivity index (χ3v) is 3.34. The number of furan rings is 1. The van der Waals surface area contributed by atoms with Gasteiger partial charge in [0.05, 0.1) is 12.2 Å². The van der Waals surface area contributed by atoms with Crippen LogP contribution in [0.15, 0.2) is 65.2 Å². The topological polar surface area (TPSA) is 38.1 Å². The Kier molecular flexibility index (Phi) is 6.01. The van der Waals surface area contributed by atoms with Crippen molar-refractivity contribution in [2.24, 2.45) is 0 Å². The fourth-order valence-corrected chi connectivity index (χ4v) is 2.28. The zero-order chi connectivity index (χ0) is 14.5. The molecule has 1 aromatic carbocycles. The van der Waals surface area contributed by atoms with Crippen molar-refractivity contribution < 1.29 is 16.8 Å². The Labute approximate surface area is 140 Å². The Balaban J connectivity index is 0.00000176. The highest BCUT2D eigenvalue weighted by Crippen LogP contribution is 2.24. The van der Waals surface area contributed by atoms with Crippen LogP contribution in [0.25, 0.3) is 11.3 Å². The van der Waals surface area contributed by atoms with Gasteiger partial charge in [0.15, 0.2) is 0 Å². The number of pyridine rings is 1. The van der Waals surface area contributed by atoms with Gasteiger partial charge in [-0.1, -0.05) is 29.8 Å². The molecular formula is C17H15Cl2N2O-. The predicted molar refractivity (Wildman–Crippen MR) is 83.9 cm³/mol. The quantitative estimate of drug-likeness (QED) is 0.764. The Morgan fingerprint density at radius 1 is 1.00 bits per heavy atom. The second-order valence-corrected chi connectivity index (χ2v) is 5.14. The van der Waals surface area contributed by atoms with Crippen molar-refractivity contribution in [1.82, 2.24) is 10.3 Å². The van der Waals surface area contributed by atoms with Crippen molar-refractivity contribution >= 4 is 11.6 Å². The van der Waals surface area contributed by atoms with Crippen LogP contribution in [0.2, 0.25) is 5.02 Å². The molecule has 0 bridgehead atoms. The van der Waals surface area contributed by atoms with Crippen molar-refractivity contribution in [2.45, 2.75) is 13.1 Å². The summed E-state index contributed by atoms with van der Waals surface area (Å²) in [6.07, 6.45) is 1.79. The van der Waals surface area contributed by atoms with Gasteiger partial charge in [-0.2, -0.15) is 0 Å². The molecule has 0 spiro atoms. The Hall–Kier alpha value is -1.81. The average molecular weight is 334 g/mol. The van der Waals surface area contributed by atoms with Crippen LogP contribution in [0.4, 0.5) is 0 Å². The number of benzene rings is 1. The van der Waals surface area contributed by atoms with E-state index in [4.69, 9.17) is 16.0 Å². The lowest BCUT2D eigenvalue weighted by Gasteiger charge is -2.02. The number of nitrogens with one attached hydrogen (secondary N) is 1. The first kappa shape index (κ1) is 16.6. The number of hydrogen-bond acceptors (Lipinski definition) is 3. The summed E-state index contributed by atoms with van der Waals surface area (Å²) in [5, 5.41) is 4.02. The number of hydrogen-bond donors (Lipinski definition) is 1. The van der Waals surface area contributed by atoms with Gasteiger partial charge >= 0.3 is 0 Å². The van der Waals surface area contributed by atoms with Crippen LogP contribution in [0.5, 0.6) is 0 Å². The van der Waals surface area contributed by atoms with E-state index in [1.807, 2.05) is 54.6 Å². The molecule has 3 aromatic rings. The molecule has 3 rings (SSSR count). The summed E-state index contributed by atoms with van der Waals surface area (Å²) in [4.78, 5) is 4.26. The molecule has 22 heavy (non-hydrogen) atoms. The normalized spacial score (nSPS) is 10.2. The van der Waals surface area contributed by atoms with E-state index in [0.29, 0.717) is 18.1 Å². The molecule has 0 radical (unpaired) electrons. The molecule has 0 saturated heterocycles. The number of halogens is 2. The molecule has 5 heteroatoms. The van der Waals surface area contributed by atoms with Crippen LogP contribution >= 0.6 is 11.6 Å². The van der Waals surface area contributed by atoms with E-state index in [-0.39, 0.29) is 12.4 Å². The molecule has 2 heterocycles. The van der Waals surface area contributed by atoms with Crippen LogP contribution in [-0.2, 0) is 13.1 Å². The Bertz CT molecular complexity index is 713. The van der Waals surface area contributed by atoms with Gasteiger partial charge in [-0.3, -0.25) is 4.98 Å². The first-order valence-corrected chi connectivity index (χ1v) is 7.14. The van der Waals surface area contributed by atoms with E-state index in [1.54, 1.807) is 6.20 Å². The monoisotopic (exact) mass is 333 g/mol. The zero-order valence-electron chi connectivity index (χ0n) is 11.8. The Morgan fingerprint density at radius 2 is 1.91 bits per heavy atom. The fourth-order valence-electron chi connectivity index (χ4n) is 2.09. The third kappa shape index (κ3) is 4.34. The lowest BCUT2D eigenvalue weighted by atomic mass is 10.2. The van der Waals surface area contributed by atoms with E-state index in [2.05, 4.69) is 10.3 Å². The standard InChI is InChI=1S/C17H15ClN2O.ClH/c18-14-5-3-4-13(10-14)17-8-7-16(21-17)12-19-11-15-6-1-2-9-20-15;/h1-10,19H,11-12H2;1H/p-1. The van der Waals surface area contributed by atoms with Gasteiger partial charge < -0.3 is 22.1 Å². The van der Waals surface area contributed by atoms with Gasteiger partial charge in [0.25, 0.3) is 0 Å². The zero-order valence-corrected chi connectivity index (χ0v) is 13.3. The van der Waals surface area contributed by atoms with Crippen molar-refractivity contribution in [3.8, 4) is 11.3 Å². The van der Waals surface area contributed by atoms with Gasteiger partial charge in [-0.25, -0.2) is 0 Å². The predicted octanol–water partition coefficient (Wildman–Crippen LogP) is 1.29.